The molecule has 0 bridgehead atoms. The van der Waals surface area contributed by atoms with E-state index in [-0.39, 0.29) is 11.4 Å². The number of ketones is 1. The van der Waals surface area contributed by atoms with Gasteiger partial charge in [-0.25, -0.2) is 0 Å². The minimum atomic E-state index is 0.121. The lowest BCUT2D eigenvalue weighted by atomic mass is 10.1. The molecule has 1 aliphatic rings. The Bertz CT molecular complexity index is 285. The van der Waals surface area contributed by atoms with Gasteiger partial charge in [0.15, 0.2) is 0 Å². The second kappa shape index (κ2) is 2.98. The summed E-state index contributed by atoms with van der Waals surface area (Å²) < 4.78 is 0. The van der Waals surface area contributed by atoms with Crippen molar-refractivity contribution in [3.63, 3.8) is 0 Å². The number of nitrogens with zero attached hydrogens (tertiary/aromatic N) is 2. The van der Waals surface area contributed by atoms with Gasteiger partial charge in [0.25, 0.3) is 0 Å². The van der Waals surface area contributed by atoms with Gasteiger partial charge in [-0.05, 0) is 12.0 Å². The van der Waals surface area contributed by atoms with Crippen LogP contribution in [-0.2, 0) is 4.79 Å². The summed E-state index contributed by atoms with van der Waals surface area (Å²) >= 11 is 0. The summed E-state index contributed by atoms with van der Waals surface area (Å²) in [6.45, 7) is 0. The fourth-order valence-electron chi connectivity index (χ4n) is 1.10. The van der Waals surface area contributed by atoms with Crippen molar-refractivity contribution < 1.29 is 4.79 Å². The second-order valence-corrected chi connectivity index (χ2v) is 2.42. The average molecular weight is 146 g/mol. The number of hydrogen-bond acceptors (Lipinski definition) is 3. The zero-order valence-corrected chi connectivity index (χ0v) is 5.92. The third kappa shape index (κ3) is 1.45. The Kier molecular flexibility index (Phi) is 2.03. The molecule has 0 aromatic carbocycles. The average Bonchev–Trinajstić information content (AvgIpc) is 2.39. The molecule has 0 spiro atoms. The second-order valence-electron chi connectivity index (χ2n) is 2.42. The van der Waals surface area contributed by atoms with E-state index in [1.54, 1.807) is 12.1 Å². The number of hydrogen-bond donors (Lipinski definition) is 0. The van der Waals surface area contributed by atoms with Crippen molar-refractivity contribution in [1.82, 2.24) is 0 Å². The number of rotatable bonds is 0. The van der Waals surface area contributed by atoms with Gasteiger partial charge in [0.2, 0.25) is 0 Å². The van der Waals surface area contributed by atoms with Crippen molar-refractivity contribution in [2.24, 2.45) is 0 Å². The first-order chi connectivity index (χ1) is 5.27. The summed E-state index contributed by atoms with van der Waals surface area (Å²) in [6.07, 6.45) is 1.38. The Morgan fingerprint density at radius 1 is 1.27 bits per heavy atom. The predicted octanol–water partition coefficient (Wildman–Crippen LogP) is 1.08. The van der Waals surface area contributed by atoms with Crippen molar-refractivity contribution in [3.8, 4) is 12.1 Å². The van der Waals surface area contributed by atoms with Crippen LogP contribution in [0, 0.1) is 22.7 Å². The molecule has 1 aliphatic carbocycles. The topological polar surface area (TPSA) is 64.7 Å². The van der Waals surface area contributed by atoms with Crippen LogP contribution in [0.2, 0.25) is 0 Å². The molecule has 0 atom stereocenters. The Balaban J connectivity index is 2.92. The molecular weight excluding hydrogens is 140 g/mol. The zero-order valence-electron chi connectivity index (χ0n) is 5.92. The number of Topliss-reactive ketones (excluding diaryl/α,β-unsaturated/α-hetero) is 1. The van der Waals surface area contributed by atoms with Crippen molar-refractivity contribution in [2.75, 3.05) is 0 Å². The van der Waals surface area contributed by atoms with Gasteiger partial charge < -0.3 is 0 Å². The maximum Gasteiger partial charge on any atom is 0.137 e. The molecule has 0 N–H and O–H groups in total. The van der Waals surface area contributed by atoms with Crippen LogP contribution in [0.3, 0.4) is 0 Å². The minimum absolute atomic E-state index is 0.121. The van der Waals surface area contributed by atoms with Crippen LogP contribution in [0.15, 0.2) is 11.1 Å². The van der Waals surface area contributed by atoms with Crippen LogP contribution < -0.4 is 0 Å². The summed E-state index contributed by atoms with van der Waals surface area (Å²) in [4.78, 5) is 10.7. The summed E-state index contributed by atoms with van der Waals surface area (Å²) in [5, 5.41) is 16.9. The zero-order chi connectivity index (χ0) is 8.27. The van der Waals surface area contributed by atoms with Crippen molar-refractivity contribution in [1.29, 1.82) is 10.5 Å². The van der Waals surface area contributed by atoms with Gasteiger partial charge in [-0.1, -0.05) is 0 Å². The van der Waals surface area contributed by atoms with Crippen LogP contribution in [0.5, 0.6) is 0 Å². The third-order valence-corrected chi connectivity index (χ3v) is 1.69. The summed E-state index contributed by atoms with van der Waals surface area (Å²) in [6, 6.07) is 3.56. The lowest BCUT2D eigenvalue weighted by molar-refractivity contribution is -0.117. The van der Waals surface area contributed by atoms with E-state index in [0.29, 0.717) is 24.8 Å². The first-order valence-corrected chi connectivity index (χ1v) is 3.32. The number of carbonyl (C=O) groups is 1. The summed E-state index contributed by atoms with van der Waals surface area (Å²) in [5.41, 5.74) is 0.829. The molecule has 0 amide bonds. The van der Waals surface area contributed by atoms with Crippen LogP contribution in [0.1, 0.15) is 19.3 Å². The SMILES string of the molecule is N#CC(C#N)=C1CCC(=O)C1. The number of allylic oxidation sites excluding steroid dienone is 2. The molecule has 0 saturated heterocycles. The molecule has 0 radical (unpaired) electrons. The van der Waals surface area contributed by atoms with E-state index in [1.165, 1.54) is 0 Å². The van der Waals surface area contributed by atoms with Gasteiger partial charge in [0.05, 0.1) is 0 Å². The maximum atomic E-state index is 10.7. The molecule has 1 saturated carbocycles. The van der Waals surface area contributed by atoms with E-state index in [9.17, 15) is 4.79 Å². The van der Waals surface area contributed by atoms with Gasteiger partial charge in [0.1, 0.15) is 23.5 Å². The van der Waals surface area contributed by atoms with Crippen molar-refractivity contribution >= 4 is 5.78 Å². The largest absolute Gasteiger partial charge is 0.299 e. The number of nitriles is 2. The van der Waals surface area contributed by atoms with Crippen molar-refractivity contribution in [3.05, 3.63) is 11.1 Å². The first-order valence-electron chi connectivity index (χ1n) is 3.32. The highest BCUT2D eigenvalue weighted by Crippen LogP contribution is 2.23. The van der Waals surface area contributed by atoms with E-state index in [1.807, 2.05) is 0 Å². The molecule has 0 unspecified atom stereocenters. The van der Waals surface area contributed by atoms with Crippen LogP contribution in [0.25, 0.3) is 0 Å². The van der Waals surface area contributed by atoms with Gasteiger partial charge in [-0.3, -0.25) is 4.79 Å². The normalized spacial score (nSPS) is 15.8. The third-order valence-electron chi connectivity index (χ3n) is 1.69. The fraction of sp³-hybridized carbons (Fsp3) is 0.375. The standard InChI is InChI=1S/C8H6N2O/c9-4-7(5-10)6-1-2-8(11)3-6/h1-3H2. The van der Waals surface area contributed by atoms with Gasteiger partial charge in [-0.15, -0.1) is 0 Å². The van der Waals surface area contributed by atoms with E-state index in [0.717, 1.165) is 0 Å². The van der Waals surface area contributed by atoms with Crippen molar-refractivity contribution in [2.45, 2.75) is 19.3 Å². The Morgan fingerprint density at radius 3 is 2.27 bits per heavy atom. The van der Waals surface area contributed by atoms with E-state index in [4.69, 9.17) is 10.5 Å². The highest BCUT2D eigenvalue weighted by molar-refractivity contribution is 5.84. The van der Waals surface area contributed by atoms with E-state index in [2.05, 4.69) is 0 Å². The van der Waals surface area contributed by atoms with E-state index < -0.39 is 0 Å². The molecule has 1 rings (SSSR count). The number of carbonyl (C=O) groups excluding carboxylic acids is 1. The fourth-order valence-corrected chi connectivity index (χ4v) is 1.10. The van der Waals surface area contributed by atoms with Crippen LogP contribution >= 0.6 is 0 Å². The molecule has 54 valence electrons. The summed E-state index contributed by atoms with van der Waals surface area (Å²) in [7, 11) is 0. The predicted molar refractivity (Wildman–Crippen MR) is 37.1 cm³/mol. The molecule has 0 aromatic heterocycles. The van der Waals surface area contributed by atoms with Gasteiger partial charge in [0, 0.05) is 12.8 Å². The molecule has 3 heteroatoms. The lowest BCUT2D eigenvalue weighted by Crippen LogP contribution is -1.86. The highest BCUT2D eigenvalue weighted by Gasteiger charge is 2.18. The summed E-state index contributed by atoms with van der Waals surface area (Å²) in [5.74, 6) is 0.128. The van der Waals surface area contributed by atoms with Gasteiger partial charge >= 0.3 is 0 Å². The molecular formula is C8H6N2O. The minimum Gasteiger partial charge on any atom is -0.299 e. The molecule has 0 heterocycles. The monoisotopic (exact) mass is 146 g/mol. The van der Waals surface area contributed by atoms with Crippen LogP contribution in [-0.4, -0.2) is 5.78 Å². The molecule has 11 heavy (non-hydrogen) atoms. The quantitative estimate of drug-likeness (QED) is 0.480. The Morgan fingerprint density at radius 2 is 1.91 bits per heavy atom. The van der Waals surface area contributed by atoms with Crippen LogP contribution in [0.4, 0.5) is 0 Å². The maximum absolute atomic E-state index is 10.7. The Hall–Kier alpha value is -1.61. The first kappa shape index (κ1) is 7.50. The van der Waals surface area contributed by atoms with E-state index >= 15 is 0 Å². The molecule has 0 aliphatic heterocycles. The smallest absolute Gasteiger partial charge is 0.137 e. The van der Waals surface area contributed by atoms with Gasteiger partial charge in [-0.2, -0.15) is 10.5 Å². The molecule has 1 fully saturated rings. The lowest BCUT2D eigenvalue weighted by Gasteiger charge is -1.89. The molecule has 0 aromatic rings. The Labute approximate surface area is 64.5 Å². The highest BCUT2D eigenvalue weighted by atomic mass is 16.1. The molecule has 3 nitrogen and oxygen atoms in total.